The van der Waals surface area contributed by atoms with Gasteiger partial charge in [-0.15, -0.1) is 0 Å². The standard InChI is InChI=1S/C13H23Br/c1-9-6-10(2)8-11(7-9)12-4-3-5-13(12)14/h9-13H,3-8H2,1-2H3. The Bertz CT molecular complexity index is 180. The highest BCUT2D eigenvalue weighted by Gasteiger charge is 2.35. The Morgan fingerprint density at radius 2 is 1.57 bits per heavy atom. The third-order valence-corrected chi connectivity index (χ3v) is 5.44. The van der Waals surface area contributed by atoms with E-state index >= 15 is 0 Å². The average Bonchev–Trinajstić information content (AvgIpc) is 2.49. The summed E-state index contributed by atoms with van der Waals surface area (Å²) in [4.78, 5) is 0.838. The molecule has 2 saturated carbocycles. The summed E-state index contributed by atoms with van der Waals surface area (Å²) in [5.74, 6) is 3.98. The van der Waals surface area contributed by atoms with E-state index in [2.05, 4.69) is 29.8 Å². The summed E-state index contributed by atoms with van der Waals surface area (Å²) >= 11 is 3.88. The zero-order chi connectivity index (χ0) is 10.1. The van der Waals surface area contributed by atoms with Gasteiger partial charge in [-0.25, -0.2) is 0 Å². The van der Waals surface area contributed by atoms with Crippen LogP contribution in [-0.2, 0) is 0 Å². The Balaban J connectivity index is 1.95. The van der Waals surface area contributed by atoms with Crippen molar-refractivity contribution in [1.82, 2.24) is 0 Å². The van der Waals surface area contributed by atoms with Crippen molar-refractivity contribution in [1.29, 1.82) is 0 Å². The van der Waals surface area contributed by atoms with Crippen molar-refractivity contribution in [3.8, 4) is 0 Å². The van der Waals surface area contributed by atoms with Gasteiger partial charge in [-0.3, -0.25) is 0 Å². The first-order chi connectivity index (χ1) is 6.66. The van der Waals surface area contributed by atoms with Crippen LogP contribution in [0.4, 0.5) is 0 Å². The van der Waals surface area contributed by atoms with Crippen LogP contribution in [0.15, 0.2) is 0 Å². The molecule has 0 heterocycles. The quantitative estimate of drug-likeness (QED) is 0.602. The highest BCUT2D eigenvalue weighted by Crippen LogP contribution is 2.45. The maximum absolute atomic E-state index is 3.88. The molecule has 0 amide bonds. The third kappa shape index (κ3) is 2.35. The van der Waals surface area contributed by atoms with Crippen LogP contribution in [-0.4, -0.2) is 4.83 Å². The number of hydrogen-bond acceptors (Lipinski definition) is 0. The van der Waals surface area contributed by atoms with Crippen molar-refractivity contribution in [3.63, 3.8) is 0 Å². The lowest BCUT2D eigenvalue weighted by molar-refractivity contribution is 0.165. The zero-order valence-corrected chi connectivity index (χ0v) is 11.1. The fourth-order valence-corrected chi connectivity index (χ4v) is 4.85. The van der Waals surface area contributed by atoms with Crippen LogP contribution in [0.3, 0.4) is 0 Å². The molecular weight excluding hydrogens is 236 g/mol. The van der Waals surface area contributed by atoms with Gasteiger partial charge in [0.1, 0.15) is 0 Å². The largest absolute Gasteiger partial charge is 0.0888 e. The van der Waals surface area contributed by atoms with Gasteiger partial charge in [-0.2, -0.15) is 0 Å². The van der Waals surface area contributed by atoms with E-state index in [9.17, 15) is 0 Å². The molecular formula is C13H23Br. The smallest absolute Gasteiger partial charge is 0.0176 e. The van der Waals surface area contributed by atoms with Crippen molar-refractivity contribution in [2.45, 2.75) is 57.2 Å². The molecule has 2 aliphatic rings. The maximum Gasteiger partial charge on any atom is 0.0176 e. The second kappa shape index (κ2) is 4.55. The van der Waals surface area contributed by atoms with Crippen LogP contribution >= 0.6 is 15.9 Å². The number of halogens is 1. The van der Waals surface area contributed by atoms with Crippen LogP contribution in [0.1, 0.15) is 52.4 Å². The van der Waals surface area contributed by atoms with E-state index in [0.29, 0.717) is 0 Å². The normalized spacial score (nSPS) is 49.5. The van der Waals surface area contributed by atoms with E-state index in [1.165, 1.54) is 38.5 Å². The Kier molecular flexibility index (Phi) is 3.57. The molecule has 0 N–H and O–H groups in total. The first-order valence-corrected chi connectivity index (χ1v) is 7.22. The first kappa shape index (κ1) is 11.0. The van der Waals surface area contributed by atoms with Gasteiger partial charge >= 0.3 is 0 Å². The van der Waals surface area contributed by atoms with Crippen LogP contribution in [0.5, 0.6) is 0 Å². The molecule has 14 heavy (non-hydrogen) atoms. The van der Waals surface area contributed by atoms with E-state index < -0.39 is 0 Å². The molecule has 2 fully saturated rings. The zero-order valence-electron chi connectivity index (χ0n) is 9.51. The Hall–Kier alpha value is 0.480. The van der Waals surface area contributed by atoms with E-state index in [0.717, 1.165) is 28.5 Å². The molecule has 0 aliphatic heterocycles. The van der Waals surface area contributed by atoms with Crippen LogP contribution in [0, 0.1) is 23.7 Å². The van der Waals surface area contributed by atoms with Gasteiger partial charge in [-0.05, 0) is 55.8 Å². The fourth-order valence-electron chi connectivity index (χ4n) is 3.83. The molecule has 0 radical (unpaired) electrons. The number of hydrogen-bond donors (Lipinski definition) is 0. The minimum atomic E-state index is 0.838. The molecule has 1 heteroatoms. The Morgan fingerprint density at radius 1 is 0.929 bits per heavy atom. The van der Waals surface area contributed by atoms with Gasteiger partial charge in [0.25, 0.3) is 0 Å². The summed E-state index contributed by atoms with van der Waals surface area (Å²) in [5, 5.41) is 0. The summed E-state index contributed by atoms with van der Waals surface area (Å²) in [5.41, 5.74) is 0. The highest BCUT2D eigenvalue weighted by molar-refractivity contribution is 9.09. The minimum absolute atomic E-state index is 0.838. The van der Waals surface area contributed by atoms with Gasteiger partial charge < -0.3 is 0 Å². The monoisotopic (exact) mass is 258 g/mol. The molecule has 0 spiro atoms. The minimum Gasteiger partial charge on any atom is -0.0888 e. The predicted octanol–water partition coefficient (Wildman–Crippen LogP) is 4.62. The van der Waals surface area contributed by atoms with Gasteiger partial charge in [0.15, 0.2) is 0 Å². The van der Waals surface area contributed by atoms with E-state index in [1.54, 1.807) is 0 Å². The summed E-state index contributed by atoms with van der Waals surface area (Å²) in [7, 11) is 0. The molecule has 4 atom stereocenters. The molecule has 0 aromatic carbocycles. The molecule has 2 aliphatic carbocycles. The summed E-state index contributed by atoms with van der Waals surface area (Å²) in [6, 6.07) is 0. The van der Waals surface area contributed by atoms with Crippen molar-refractivity contribution in [2.24, 2.45) is 23.7 Å². The van der Waals surface area contributed by atoms with E-state index in [4.69, 9.17) is 0 Å². The Labute approximate surface area is 97.0 Å². The SMILES string of the molecule is CC1CC(C)CC(C2CCCC2Br)C1. The lowest BCUT2D eigenvalue weighted by Crippen LogP contribution is -2.27. The molecule has 0 saturated heterocycles. The van der Waals surface area contributed by atoms with Gasteiger partial charge in [0, 0.05) is 4.83 Å². The molecule has 4 unspecified atom stereocenters. The van der Waals surface area contributed by atoms with Crippen LogP contribution < -0.4 is 0 Å². The Morgan fingerprint density at radius 3 is 2.07 bits per heavy atom. The molecule has 0 aromatic rings. The molecule has 0 bridgehead atoms. The molecule has 2 rings (SSSR count). The second-order valence-electron chi connectivity index (χ2n) is 5.79. The lowest BCUT2D eigenvalue weighted by Gasteiger charge is -2.36. The molecule has 82 valence electrons. The lowest BCUT2D eigenvalue weighted by atomic mass is 9.71. The molecule has 0 aromatic heterocycles. The van der Waals surface area contributed by atoms with Gasteiger partial charge in [0.2, 0.25) is 0 Å². The maximum atomic E-state index is 3.88. The second-order valence-corrected chi connectivity index (χ2v) is 6.96. The van der Waals surface area contributed by atoms with Crippen molar-refractivity contribution < 1.29 is 0 Å². The average molecular weight is 259 g/mol. The summed E-state index contributed by atoms with van der Waals surface area (Å²) < 4.78 is 0. The van der Waals surface area contributed by atoms with Crippen molar-refractivity contribution in [2.75, 3.05) is 0 Å². The van der Waals surface area contributed by atoms with Crippen LogP contribution in [0.2, 0.25) is 0 Å². The van der Waals surface area contributed by atoms with E-state index in [1.807, 2.05) is 0 Å². The van der Waals surface area contributed by atoms with Crippen molar-refractivity contribution >= 4 is 15.9 Å². The third-order valence-electron chi connectivity index (χ3n) is 4.30. The number of rotatable bonds is 1. The first-order valence-electron chi connectivity index (χ1n) is 6.31. The summed E-state index contributed by atoms with van der Waals surface area (Å²) in [6.07, 6.45) is 8.83. The predicted molar refractivity (Wildman–Crippen MR) is 65.7 cm³/mol. The molecule has 0 nitrogen and oxygen atoms in total. The van der Waals surface area contributed by atoms with Gasteiger partial charge in [-0.1, -0.05) is 36.2 Å². The number of alkyl halides is 1. The van der Waals surface area contributed by atoms with E-state index in [-0.39, 0.29) is 0 Å². The topological polar surface area (TPSA) is 0 Å². The van der Waals surface area contributed by atoms with Crippen LogP contribution in [0.25, 0.3) is 0 Å². The fraction of sp³-hybridized carbons (Fsp3) is 1.00. The highest BCUT2D eigenvalue weighted by atomic mass is 79.9. The summed E-state index contributed by atoms with van der Waals surface area (Å²) in [6.45, 7) is 4.89. The van der Waals surface area contributed by atoms with Crippen molar-refractivity contribution in [3.05, 3.63) is 0 Å². The van der Waals surface area contributed by atoms with Gasteiger partial charge in [0.05, 0.1) is 0 Å².